The molecule has 0 radical (unpaired) electrons. The Kier molecular flexibility index (Phi) is 65.5. The number of carbonyl (C=O) groups is 4. The lowest BCUT2D eigenvalue weighted by Gasteiger charge is -2.21. The molecule has 0 aromatic heterocycles. The second kappa shape index (κ2) is 66.9. The quantitative estimate of drug-likeness (QED) is 0.0222. The molecule has 94 heavy (non-hydrogen) atoms. The Labute approximate surface area is 575 Å². The number of ether oxygens (including phenoxy) is 4. The molecule has 0 heterocycles. The van der Waals surface area contributed by atoms with Crippen LogP contribution in [-0.2, 0) is 65.4 Å². The number of aliphatic hydroxyl groups excluding tert-OH is 1. The topological polar surface area (TPSA) is 237 Å². The van der Waals surface area contributed by atoms with Crippen LogP contribution in [0.3, 0.4) is 0 Å². The van der Waals surface area contributed by atoms with Gasteiger partial charge in [0.25, 0.3) is 0 Å². The van der Waals surface area contributed by atoms with Crippen LogP contribution in [0.5, 0.6) is 0 Å². The molecular weight excluding hydrogens is 1230 g/mol. The average molecular weight is 1380 g/mol. The van der Waals surface area contributed by atoms with E-state index in [9.17, 15) is 43.2 Å². The highest BCUT2D eigenvalue weighted by atomic mass is 31.2. The summed E-state index contributed by atoms with van der Waals surface area (Å²) >= 11 is 0. The van der Waals surface area contributed by atoms with Gasteiger partial charge < -0.3 is 33.8 Å². The third-order valence-corrected chi connectivity index (χ3v) is 19.4. The van der Waals surface area contributed by atoms with E-state index in [1.165, 1.54) is 199 Å². The molecule has 0 saturated heterocycles. The molecule has 17 nitrogen and oxygen atoms in total. The number of hydrogen-bond acceptors (Lipinski definition) is 15. The summed E-state index contributed by atoms with van der Waals surface area (Å²) in [5, 5.41) is 10.6. The van der Waals surface area contributed by atoms with E-state index in [1.54, 1.807) is 0 Å². The Balaban J connectivity index is 5.20. The molecule has 558 valence electrons. The summed E-state index contributed by atoms with van der Waals surface area (Å²) in [4.78, 5) is 72.7. The second-order valence-corrected chi connectivity index (χ2v) is 30.9. The summed E-state index contributed by atoms with van der Waals surface area (Å²) in [6.07, 6.45) is 54.5. The standard InChI is InChI=1S/C75H146O17P2/c1-7-9-11-13-15-17-19-21-23-25-26-27-29-31-33-35-39-47-53-59-74(79)91-70(63-85-72(77)57-51-45-38-34-32-30-28-24-22-20-18-16-14-12-10-8-2)65-89-93(81,82)87-61-69(76)62-88-94(83,84)90-66-71(64-86-73(78)58-52-46-42-41-44-50-56-68(5)6)92-75(80)60-54-48-40-36-37-43-49-55-67(3)4/h67-71,76H,7-66H2,1-6H3,(H,81,82)(H,83,84)/t69-,70-,71-/m1/s1. The van der Waals surface area contributed by atoms with E-state index in [1.807, 2.05) is 0 Å². The number of phosphoric acid groups is 2. The monoisotopic (exact) mass is 1380 g/mol. The SMILES string of the molecule is CCCCCCCCCCCCCCCCCCCCCC(=O)O[C@H](COC(=O)CCCCCCCCCCCCCCCCCC)COP(=O)(O)OC[C@@H](O)COP(=O)(O)OC[C@@H](COC(=O)CCCCCCCCC(C)C)OC(=O)CCCCCCCCCC(C)C. The van der Waals surface area contributed by atoms with Gasteiger partial charge in [-0.15, -0.1) is 0 Å². The highest BCUT2D eigenvalue weighted by Crippen LogP contribution is 2.45. The van der Waals surface area contributed by atoms with Gasteiger partial charge in [-0.25, -0.2) is 9.13 Å². The summed E-state index contributed by atoms with van der Waals surface area (Å²) < 4.78 is 68.4. The normalized spacial score (nSPS) is 14.0. The lowest BCUT2D eigenvalue weighted by molar-refractivity contribution is -0.161. The van der Waals surface area contributed by atoms with Gasteiger partial charge in [0.05, 0.1) is 26.4 Å². The first-order valence-corrected chi connectivity index (χ1v) is 42.0. The maximum Gasteiger partial charge on any atom is 0.472 e. The number of aliphatic hydroxyl groups is 1. The van der Waals surface area contributed by atoms with E-state index in [2.05, 4.69) is 41.5 Å². The van der Waals surface area contributed by atoms with Crippen molar-refractivity contribution in [1.29, 1.82) is 0 Å². The van der Waals surface area contributed by atoms with Crippen molar-refractivity contribution in [1.82, 2.24) is 0 Å². The zero-order valence-corrected chi connectivity index (χ0v) is 63.1. The first-order valence-electron chi connectivity index (χ1n) is 39.0. The van der Waals surface area contributed by atoms with Gasteiger partial charge in [0.15, 0.2) is 12.2 Å². The predicted octanol–water partition coefficient (Wildman–Crippen LogP) is 21.9. The predicted molar refractivity (Wildman–Crippen MR) is 381 cm³/mol. The summed E-state index contributed by atoms with van der Waals surface area (Å²) in [6, 6.07) is 0. The minimum absolute atomic E-state index is 0.103. The molecule has 0 saturated carbocycles. The van der Waals surface area contributed by atoms with Crippen LogP contribution in [-0.4, -0.2) is 96.7 Å². The Morgan fingerprint density at radius 2 is 0.489 bits per heavy atom. The van der Waals surface area contributed by atoms with Crippen molar-refractivity contribution < 1.29 is 80.2 Å². The molecule has 0 aliphatic carbocycles. The molecule has 0 bridgehead atoms. The highest BCUT2D eigenvalue weighted by molar-refractivity contribution is 7.47. The van der Waals surface area contributed by atoms with Crippen molar-refractivity contribution in [2.75, 3.05) is 39.6 Å². The molecule has 5 atom stereocenters. The fraction of sp³-hybridized carbons (Fsp3) is 0.947. The van der Waals surface area contributed by atoms with E-state index in [0.717, 1.165) is 96.3 Å². The van der Waals surface area contributed by atoms with Crippen LogP contribution in [0.15, 0.2) is 0 Å². The van der Waals surface area contributed by atoms with E-state index >= 15 is 0 Å². The molecule has 2 unspecified atom stereocenters. The van der Waals surface area contributed by atoms with Gasteiger partial charge in [0, 0.05) is 25.7 Å². The van der Waals surface area contributed by atoms with Gasteiger partial charge in [-0.1, -0.05) is 337 Å². The molecule has 0 aliphatic heterocycles. The fourth-order valence-corrected chi connectivity index (χ4v) is 13.1. The molecule has 0 aromatic carbocycles. The molecule has 0 aliphatic rings. The zero-order chi connectivity index (χ0) is 69.3. The van der Waals surface area contributed by atoms with Gasteiger partial charge in [0.2, 0.25) is 0 Å². The fourth-order valence-electron chi connectivity index (χ4n) is 11.5. The molecule has 19 heteroatoms. The van der Waals surface area contributed by atoms with E-state index in [-0.39, 0.29) is 25.7 Å². The molecule has 0 amide bonds. The number of unbranched alkanes of at least 4 members (excludes halogenated alkanes) is 44. The van der Waals surface area contributed by atoms with Gasteiger partial charge in [-0.2, -0.15) is 0 Å². The maximum atomic E-state index is 13.1. The number of rotatable bonds is 74. The second-order valence-electron chi connectivity index (χ2n) is 28.0. The van der Waals surface area contributed by atoms with Crippen molar-refractivity contribution in [2.45, 2.75) is 407 Å². The molecule has 0 spiro atoms. The smallest absolute Gasteiger partial charge is 0.462 e. The van der Waals surface area contributed by atoms with Gasteiger partial charge in [-0.3, -0.25) is 37.3 Å². The Hall–Kier alpha value is -1.94. The van der Waals surface area contributed by atoms with Crippen molar-refractivity contribution >= 4 is 39.5 Å². The Morgan fingerprint density at radius 3 is 0.723 bits per heavy atom. The largest absolute Gasteiger partial charge is 0.472 e. The lowest BCUT2D eigenvalue weighted by Crippen LogP contribution is -2.30. The van der Waals surface area contributed by atoms with E-state index in [0.29, 0.717) is 37.5 Å². The maximum absolute atomic E-state index is 13.1. The van der Waals surface area contributed by atoms with Gasteiger partial charge >= 0.3 is 39.5 Å². The Morgan fingerprint density at radius 1 is 0.287 bits per heavy atom. The van der Waals surface area contributed by atoms with Crippen LogP contribution >= 0.6 is 15.6 Å². The molecule has 0 aromatic rings. The lowest BCUT2D eigenvalue weighted by atomic mass is 10.0. The van der Waals surface area contributed by atoms with Gasteiger partial charge in [0.1, 0.15) is 19.3 Å². The van der Waals surface area contributed by atoms with E-state index < -0.39 is 97.5 Å². The van der Waals surface area contributed by atoms with Crippen molar-refractivity contribution in [2.24, 2.45) is 11.8 Å². The van der Waals surface area contributed by atoms with Crippen molar-refractivity contribution in [3.05, 3.63) is 0 Å². The summed E-state index contributed by atoms with van der Waals surface area (Å²) in [6.45, 7) is 9.44. The Bertz CT molecular complexity index is 1820. The number of phosphoric ester groups is 2. The third-order valence-electron chi connectivity index (χ3n) is 17.5. The zero-order valence-electron chi connectivity index (χ0n) is 61.3. The summed E-state index contributed by atoms with van der Waals surface area (Å²) in [5.41, 5.74) is 0. The molecule has 0 rings (SSSR count). The van der Waals surface area contributed by atoms with Crippen LogP contribution in [0.4, 0.5) is 0 Å². The average Bonchev–Trinajstić information content (AvgIpc) is 1.40. The summed E-state index contributed by atoms with van der Waals surface area (Å²) in [5.74, 6) is -0.747. The number of esters is 4. The minimum atomic E-state index is -4.96. The van der Waals surface area contributed by atoms with Crippen LogP contribution in [0, 0.1) is 11.8 Å². The number of carbonyl (C=O) groups excluding carboxylic acids is 4. The van der Waals surface area contributed by atoms with Gasteiger partial charge in [-0.05, 0) is 37.5 Å². The third kappa shape index (κ3) is 68.6. The minimum Gasteiger partial charge on any atom is -0.462 e. The molecular formula is C75H146O17P2. The van der Waals surface area contributed by atoms with Crippen LogP contribution < -0.4 is 0 Å². The molecule has 3 N–H and O–H groups in total. The first kappa shape index (κ1) is 92.1. The van der Waals surface area contributed by atoms with Crippen LogP contribution in [0.25, 0.3) is 0 Å². The van der Waals surface area contributed by atoms with E-state index in [4.69, 9.17) is 37.0 Å². The molecule has 0 fully saturated rings. The number of hydrogen-bond donors (Lipinski definition) is 3. The first-order chi connectivity index (χ1) is 45.4. The van der Waals surface area contributed by atoms with Crippen molar-refractivity contribution in [3.8, 4) is 0 Å². The van der Waals surface area contributed by atoms with Crippen molar-refractivity contribution in [3.63, 3.8) is 0 Å². The van der Waals surface area contributed by atoms with Crippen LogP contribution in [0.1, 0.15) is 388 Å². The van der Waals surface area contributed by atoms with Crippen LogP contribution in [0.2, 0.25) is 0 Å². The summed E-state index contributed by atoms with van der Waals surface area (Å²) in [7, 11) is -9.91. The highest BCUT2D eigenvalue weighted by Gasteiger charge is 2.30.